The second kappa shape index (κ2) is 9.30. The van der Waals surface area contributed by atoms with Crippen LogP contribution in [-0.2, 0) is 9.59 Å². The molecule has 0 unspecified atom stereocenters. The van der Waals surface area contributed by atoms with Gasteiger partial charge in [0.15, 0.2) is 15.8 Å². The second-order valence-corrected chi connectivity index (χ2v) is 7.91. The lowest BCUT2D eigenvalue weighted by molar-refractivity contribution is -0.307. The van der Waals surface area contributed by atoms with Gasteiger partial charge in [-0.15, -0.1) is 0 Å². The first-order valence-corrected chi connectivity index (χ1v) is 10.1. The molecule has 0 radical (unpaired) electrons. The third-order valence-corrected chi connectivity index (χ3v) is 5.31. The number of carboxylic acid groups (broad SMARTS) is 1. The Kier molecular flexibility index (Phi) is 6.79. The number of anilines is 1. The lowest BCUT2D eigenvalue weighted by atomic mass is 10.1. The number of carbonyl (C=O) groups is 2. The molecule has 1 aliphatic heterocycles. The monoisotopic (exact) mass is 448 g/mol. The summed E-state index contributed by atoms with van der Waals surface area (Å²) in [4.78, 5) is 25.4. The number of hydrogen-bond acceptors (Lipinski definition) is 7. The Hall–Kier alpha value is -2.55. The van der Waals surface area contributed by atoms with Crippen LogP contribution in [0.15, 0.2) is 47.4 Å². The number of hydrogen-bond donors (Lipinski definition) is 0. The Morgan fingerprint density at radius 3 is 2.72 bits per heavy atom. The highest BCUT2D eigenvalue weighted by atomic mass is 35.5. The lowest BCUT2D eigenvalue weighted by Crippen LogP contribution is -2.29. The van der Waals surface area contributed by atoms with Gasteiger partial charge in [-0.05, 0) is 48.9 Å². The molecule has 0 N–H and O–H groups in total. The van der Waals surface area contributed by atoms with Gasteiger partial charge < -0.3 is 19.4 Å². The number of thiocarbonyl (C=S) groups is 1. The highest BCUT2D eigenvalue weighted by Crippen LogP contribution is 2.37. The fourth-order valence-electron chi connectivity index (χ4n) is 2.60. The third kappa shape index (κ3) is 5.09. The van der Waals surface area contributed by atoms with Crippen molar-refractivity contribution in [1.29, 1.82) is 0 Å². The fourth-order valence-corrected chi connectivity index (χ4v) is 4.08. The molecular formula is C20H15ClNO5S2-. The normalized spacial score (nSPS) is 15.1. The van der Waals surface area contributed by atoms with E-state index in [1.54, 1.807) is 55.5 Å². The van der Waals surface area contributed by atoms with Crippen molar-refractivity contribution >= 4 is 63.5 Å². The van der Waals surface area contributed by atoms with E-state index < -0.39 is 12.6 Å². The number of benzene rings is 2. The number of rotatable bonds is 7. The fraction of sp³-hybridized carbons (Fsp3) is 0.150. The van der Waals surface area contributed by atoms with E-state index >= 15 is 0 Å². The average molecular weight is 449 g/mol. The minimum absolute atomic E-state index is 0.252. The maximum Gasteiger partial charge on any atom is 0.270 e. The highest BCUT2D eigenvalue weighted by Gasteiger charge is 2.33. The van der Waals surface area contributed by atoms with Crippen molar-refractivity contribution in [2.45, 2.75) is 6.92 Å². The van der Waals surface area contributed by atoms with Crippen LogP contribution >= 0.6 is 35.6 Å². The third-order valence-electron chi connectivity index (χ3n) is 3.77. The Morgan fingerprint density at radius 2 is 2.03 bits per heavy atom. The first kappa shape index (κ1) is 21.2. The van der Waals surface area contributed by atoms with Crippen molar-refractivity contribution in [1.82, 2.24) is 0 Å². The van der Waals surface area contributed by atoms with Gasteiger partial charge >= 0.3 is 0 Å². The zero-order chi connectivity index (χ0) is 21.0. The van der Waals surface area contributed by atoms with Gasteiger partial charge in [-0.2, -0.15) is 0 Å². The molecule has 1 saturated heterocycles. The SMILES string of the molecule is CCOc1cc(/C=C2\SC(=S)N(c3cccc(Cl)c3)C2=O)ccc1OCC(=O)[O-]. The predicted molar refractivity (Wildman–Crippen MR) is 115 cm³/mol. The van der Waals surface area contributed by atoms with Gasteiger partial charge in [0, 0.05) is 5.02 Å². The van der Waals surface area contributed by atoms with Gasteiger partial charge in [0.2, 0.25) is 0 Å². The van der Waals surface area contributed by atoms with Crippen LogP contribution in [0.2, 0.25) is 5.02 Å². The molecule has 0 spiro atoms. The van der Waals surface area contributed by atoms with Gasteiger partial charge in [-0.25, -0.2) is 0 Å². The Labute approximate surface area is 182 Å². The van der Waals surface area contributed by atoms with E-state index in [0.717, 1.165) is 0 Å². The van der Waals surface area contributed by atoms with E-state index in [0.29, 0.717) is 37.9 Å². The van der Waals surface area contributed by atoms with Gasteiger partial charge in [-0.1, -0.05) is 47.7 Å². The molecule has 1 fully saturated rings. The summed E-state index contributed by atoms with van der Waals surface area (Å²) in [6.45, 7) is 1.57. The maximum atomic E-state index is 12.9. The average Bonchev–Trinajstić information content (AvgIpc) is 2.94. The van der Waals surface area contributed by atoms with E-state index in [1.165, 1.54) is 16.7 Å². The molecule has 29 heavy (non-hydrogen) atoms. The first-order chi connectivity index (χ1) is 13.9. The summed E-state index contributed by atoms with van der Waals surface area (Å²) in [5.74, 6) is -0.939. The maximum absolute atomic E-state index is 12.9. The quantitative estimate of drug-likeness (QED) is 0.475. The zero-order valence-electron chi connectivity index (χ0n) is 15.2. The van der Waals surface area contributed by atoms with Crippen molar-refractivity contribution in [2.75, 3.05) is 18.1 Å². The number of halogens is 1. The summed E-state index contributed by atoms with van der Waals surface area (Å²) in [5.41, 5.74) is 1.28. The summed E-state index contributed by atoms with van der Waals surface area (Å²) in [5, 5.41) is 11.1. The van der Waals surface area contributed by atoms with Crippen molar-refractivity contribution in [2.24, 2.45) is 0 Å². The smallest absolute Gasteiger partial charge is 0.270 e. The largest absolute Gasteiger partial charge is 0.546 e. The van der Waals surface area contributed by atoms with Crippen LogP contribution in [0.4, 0.5) is 5.69 Å². The molecule has 3 rings (SSSR count). The lowest BCUT2D eigenvalue weighted by Gasteiger charge is -2.14. The van der Waals surface area contributed by atoms with Gasteiger partial charge in [0.1, 0.15) is 6.61 Å². The minimum Gasteiger partial charge on any atom is -0.546 e. The standard InChI is InChI=1S/C20H16ClNO5S2/c1-2-26-16-8-12(6-7-15(16)27-11-18(23)24)9-17-19(25)22(20(28)29-17)14-5-3-4-13(21)10-14/h3-10H,2,11H2,1H3,(H,23,24)/p-1/b17-9-. The molecule has 0 saturated carbocycles. The summed E-state index contributed by atoms with van der Waals surface area (Å²) in [6.07, 6.45) is 1.69. The Morgan fingerprint density at radius 1 is 1.24 bits per heavy atom. The number of aliphatic carboxylic acids is 1. The summed E-state index contributed by atoms with van der Waals surface area (Å²) in [6, 6.07) is 11.8. The summed E-state index contributed by atoms with van der Waals surface area (Å²) < 4.78 is 11.1. The zero-order valence-corrected chi connectivity index (χ0v) is 17.6. The van der Waals surface area contributed by atoms with Crippen molar-refractivity contribution < 1.29 is 24.2 Å². The van der Waals surface area contributed by atoms with Crippen LogP contribution in [0.3, 0.4) is 0 Å². The molecule has 1 amide bonds. The number of nitrogens with zero attached hydrogens (tertiary/aromatic N) is 1. The summed E-state index contributed by atoms with van der Waals surface area (Å²) >= 11 is 12.6. The van der Waals surface area contributed by atoms with E-state index in [2.05, 4.69) is 0 Å². The molecule has 1 heterocycles. The van der Waals surface area contributed by atoms with Crippen LogP contribution in [0.1, 0.15) is 12.5 Å². The molecule has 0 aliphatic carbocycles. The molecule has 6 nitrogen and oxygen atoms in total. The second-order valence-electron chi connectivity index (χ2n) is 5.80. The molecule has 0 bridgehead atoms. The van der Waals surface area contributed by atoms with Crippen LogP contribution in [0.5, 0.6) is 11.5 Å². The van der Waals surface area contributed by atoms with Gasteiger partial charge in [0.05, 0.1) is 23.2 Å². The van der Waals surface area contributed by atoms with Gasteiger partial charge in [0.25, 0.3) is 5.91 Å². The number of carbonyl (C=O) groups excluding carboxylic acids is 2. The number of amides is 1. The number of thioether (sulfide) groups is 1. The topological polar surface area (TPSA) is 78.9 Å². The van der Waals surface area contributed by atoms with E-state index in [4.69, 9.17) is 33.3 Å². The predicted octanol–water partition coefficient (Wildman–Crippen LogP) is 3.27. The van der Waals surface area contributed by atoms with Crippen molar-refractivity contribution in [3.05, 3.63) is 58.0 Å². The Bertz CT molecular complexity index is 1010. The van der Waals surface area contributed by atoms with E-state index in [-0.39, 0.29) is 11.7 Å². The van der Waals surface area contributed by atoms with Crippen LogP contribution in [-0.4, -0.2) is 29.4 Å². The molecule has 1 aliphatic rings. The molecular weight excluding hydrogens is 434 g/mol. The van der Waals surface area contributed by atoms with Crippen LogP contribution < -0.4 is 19.5 Å². The molecule has 0 atom stereocenters. The number of carboxylic acids is 1. The summed E-state index contributed by atoms with van der Waals surface area (Å²) in [7, 11) is 0. The first-order valence-electron chi connectivity index (χ1n) is 8.52. The molecule has 150 valence electrons. The molecule has 2 aromatic carbocycles. The molecule has 2 aromatic rings. The van der Waals surface area contributed by atoms with Crippen LogP contribution in [0.25, 0.3) is 6.08 Å². The van der Waals surface area contributed by atoms with E-state index in [1.807, 2.05) is 0 Å². The van der Waals surface area contributed by atoms with Crippen LogP contribution in [0, 0.1) is 0 Å². The Balaban J connectivity index is 1.87. The number of ether oxygens (including phenoxy) is 2. The minimum atomic E-state index is -1.33. The van der Waals surface area contributed by atoms with Crippen molar-refractivity contribution in [3.63, 3.8) is 0 Å². The highest BCUT2D eigenvalue weighted by molar-refractivity contribution is 8.27. The van der Waals surface area contributed by atoms with Crippen molar-refractivity contribution in [3.8, 4) is 11.5 Å². The molecule has 9 heteroatoms. The van der Waals surface area contributed by atoms with E-state index in [9.17, 15) is 14.7 Å². The molecule has 0 aromatic heterocycles. The van der Waals surface area contributed by atoms with Gasteiger partial charge in [-0.3, -0.25) is 9.69 Å².